The third kappa shape index (κ3) is 3.20. The van der Waals surface area contributed by atoms with Gasteiger partial charge >= 0.3 is 0 Å². The van der Waals surface area contributed by atoms with Gasteiger partial charge in [0.25, 0.3) is 0 Å². The van der Waals surface area contributed by atoms with Gasteiger partial charge in [-0.15, -0.1) is 0 Å². The summed E-state index contributed by atoms with van der Waals surface area (Å²) in [7, 11) is 0. The number of aliphatic imine (C=N–C) groups is 1. The van der Waals surface area contributed by atoms with Crippen LogP contribution in [-0.4, -0.2) is 36.7 Å². The Morgan fingerprint density at radius 3 is 3.00 bits per heavy atom. The smallest absolute Gasteiger partial charge is 0.147 e. The highest BCUT2D eigenvalue weighted by molar-refractivity contribution is 5.99. The Bertz CT molecular complexity index is 446. The van der Waals surface area contributed by atoms with Crippen molar-refractivity contribution in [2.24, 2.45) is 4.99 Å². The van der Waals surface area contributed by atoms with Crippen molar-refractivity contribution < 1.29 is 9.50 Å². The van der Waals surface area contributed by atoms with Crippen LogP contribution in [0, 0.1) is 5.82 Å². The first-order chi connectivity index (χ1) is 8.66. The van der Waals surface area contributed by atoms with Crippen LogP contribution >= 0.6 is 0 Å². The van der Waals surface area contributed by atoms with Gasteiger partial charge in [-0.3, -0.25) is 4.99 Å². The number of hydrogen-bond acceptors (Lipinski definition) is 4. The van der Waals surface area contributed by atoms with E-state index in [0.29, 0.717) is 12.2 Å². The van der Waals surface area contributed by atoms with Crippen molar-refractivity contribution in [3.63, 3.8) is 0 Å². The van der Waals surface area contributed by atoms with Crippen LogP contribution in [0.1, 0.15) is 18.9 Å². The molecule has 5 heteroatoms. The number of amidine groups is 1. The fraction of sp³-hybridized carbons (Fsp3) is 0.462. The molecule has 18 heavy (non-hydrogen) atoms. The van der Waals surface area contributed by atoms with E-state index >= 15 is 0 Å². The Morgan fingerprint density at radius 1 is 1.56 bits per heavy atom. The minimum absolute atomic E-state index is 0.329. The molecule has 0 fully saturated rings. The molecule has 98 valence electrons. The van der Waals surface area contributed by atoms with Gasteiger partial charge in [0.1, 0.15) is 11.7 Å². The summed E-state index contributed by atoms with van der Waals surface area (Å²) >= 11 is 0. The van der Waals surface area contributed by atoms with E-state index in [9.17, 15) is 4.39 Å². The SMILES string of the molecule is CC(O)CNc1ccc(C2=NCCCN2)cc1F. The predicted octanol–water partition coefficient (Wildman–Crippen LogP) is 1.36. The molecule has 0 aromatic heterocycles. The largest absolute Gasteiger partial charge is 0.392 e. The van der Waals surface area contributed by atoms with Gasteiger partial charge in [-0.05, 0) is 31.5 Å². The van der Waals surface area contributed by atoms with Gasteiger partial charge in [0, 0.05) is 25.2 Å². The number of aliphatic hydroxyl groups excluding tert-OH is 1. The third-order valence-electron chi connectivity index (χ3n) is 2.73. The molecule has 1 aromatic carbocycles. The summed E-state index contributed by atoms with van der Waals surface area (Å²) in [6, 6.07) is 4.96. The number of nitrogens with one attached hydrogen (secondary N) is 2. The van der Waals surface area contributed by atoms with E-state index in [0.717, 1.165) is 30.9 Å². The van der Waals surface area contributed by atoms with E-state index in [1.807, 2.05) is 6.07 Å². The first-order valence-corrected chi connectivity index (χ1v) is 6.17. The highest BCUT2D eigenvalue weighted by Crippen LogP contribution is 2.16. The Kier molecular flexibility index (Phi) is 4.15. The molecule has 4 nitrogen and oxygen atoms in total. The first-order valence-electron chi connectivity index (χ1n) is 6.17. The molecular weight excluding hydrogens is 233 g/mol. The van der Waals surface area contributed by atoms with E-state index in [4.69, 9.17) is 5.11 Å². The normalized spacial score (nSPS) is 16.7. The highest BCUT2D eigenvalue weighted by Gasteiger charge is 2.10. The minimum atomic E-state index is -0.506. The van der Waals surface area contributed by atoms with E-state index < -0.39 is 6.10 Å². The maximum absolute atomic E-state index is 13.8. The molecule has 2 rings (SSSR count). The Balaban J connectivity index is 2.11. The maximum Gasteiger partial charge on any atom is 0.147 e. The van der Waals surface area contributed by atoms with Gasteiger partial charge in [-0.25, -0.2) is 4.39 Å². The summed E-state index contributed by atoms with van der Waals surface area (Å²) in [5.41, 5.74) is 1.16. The van der Waals surface area contributed by atoms with Crippen molar-refractivity contribution in [1.29, 1.82) is 0 Å². The van der Waals surface area contributed by atoms with E-state index in [1.54, 1.807) is 13.0 Å². The Hall–Kier alpha value is -1.62. The van der Waals surface area contributed by atoms with Crippen LogP contribution in [-0.2, 0) is 0 Å². The first kappa shape index (κ1) is 12.8. The zero-order valence-corrected chi connectivity index (χ0v) is 10.4. The number of benzene rings is 1. The van der Waals surface area contributed by atoms with Crippen LogP contribution < -0.4 is 10.6 Å². The van der Waals surface area contributed by atoms with Crippen LogP contribution in [0.4, 0.5) is 10.1 Å². The quantitative estimate of drug-likeness (QED) is 0.757. The molecule has 1 unspecified atom stereocenters. The Labute approximate surface area is 106 Å². The lowest BCUT2D eigenvalue weighted by atomic mass is 10.1. The molecule has 0 radical (unpaired) electrons. The number of aliphatic hydroxyl groups is 1. The van der Waals surface area contributed by atoms with Crippen molar-refractivity contribution in [1.82, 2.24) is 5.32 Å². The van der Waals surface area contributed by atoms with Crippen molar-refractivity contribution in [3.8, 4) is 0 Å². The molecule has 3 N–H and O–H groups in total. The molecule has 1 atom stereocenters. The van der Waals surface area contributed by atoms with Crippen molar-refractivity contribution in [3.05, 3.63) is 29.6 Å². The van der Waals surface area contributed by atoms with Gasteiger partial charge in [0.2, 0.25) is 0 Å². The van der Waals surface area contributed by atoms with Gasteiger partial charge in [0.15, 0.2) is 0 Å². The summed E-state index contributed by atoms with van der Waals surface area (Å²) in [5.74, 6) is 0.422. The van der Waals surface area contributed by atoms with E-state index in [1.165, 1.54) is 6.07 Å². The van der Waals surface area contributed by atoms with Gasteiger partial charge in [-0.2, -0.15) is 0 Å². The van der Waals surface area contributed by atoms with Crippen molar-refractivity contribution in [2.45, 2.75) is 19.4 Å². The zero-order valence-electron chi connectivity index (χ0n) is 10.4. The summed E-state index contributed by atoms with van der Waals surface area (Å²) in [6.45, 7) is 3.64. The monoisotopic (exact) mass is 251 g/mol. The van der Waals surface area contributed by atoms with Crippen LogP contribution in [0.2, 0.25) is 0 Å². The average Bonchev–Trinajstić information content (AvgIpc) is 2.38. The average molecular weight is 251 g/mol. The summed E-state index contributed by atoms with van der Waals surface area (Å²) in [5, 5.41) is 15.2. The number of hydrogen-bond donors (Lipinski definition) is 3. The highest BCUT2D eigenvalue weighted by atomic mass is 19.1. The molecule has 0 spiro atoms. The van der Waals surface area contributed by atoms with Gasteiger partial charge < -0.3 is 15.7 Å². The van der Waals surface area contributed by atoms with Crippen molar-refractivity contribution >= 4 is 11.5 Å². The fourth-order valence-corrected chi connectivity index (χ4v) is 1.79. The van der Waals surface area contributed by atoms with Crippen LogP contribution in [0.15, 0.2) is 23.2 Å². The second-order valence-corrected chi connectivity index (χ2v) is 4.44. The van der Waals surface area contributed by atoms with Crippen molar-refractivity contribution in [2.75, 3.05) is 25.0 Å². The molecule has 0 bridgehead atoms. The molecule has 0 aliphatic carbocycles. The van der Waals surface area contributed by atoms with Crippen LogP contribution in [0.5, 0.6) is 0 Å². The van der Waals surface area contributed by atoms with Gasteiger partial charge in [0.05, 0.1) is 11.8 Å². The lowest BCUT2D eigenvalue weighted by Gasteiger charge is -2.16. The third-order valence-corrected chi connectivity index (χ3v) is 2.73. The standard InChI is InChI=1S/C13H18FN3O/c1-9(18)8-17-12-4-3-10(7-11(12)14)13-15-5-2-6-16-13/h3-4,7,9,17-18H,2,5-6,8H2,1H3,(H,15,16). The van der Waals surface area contributed by atoms with Crippen LogP contribution in [0.25, 0.3) is 0 Å². The molecular formula is C13H18FN3O. The Morgan fingerprint density at radius 2 is 2.39 bits per heavy atom. The van der Waals surface area contributed by atoms with E-state index in [2.05, 4.69) is 15.6 Å². The number of rotatable bonds is 4. The molecule has 0 saturated carbocycles. The lowest BCUT2D eigenvalue weighted by molar-refractivity contribution is 0.208. The molecule has 1 aliphatic rings. The summed E-state index contributed by atoms with van der Waals surface area (Å²) < 4.78 is 13.8. The molecule has 0 saturated heterocycles. The zero-order chi connectivity index (χ0) is 13.0. The number of anilines is 1. The van der Waals surface area contributed by atoms with E-state index in [-0.39, 0.29) is 5.82 Å². The number of nitrogens with zero attached hydrogens (tertiary/aromatic N) is 1. The topological polar surface area (TPSA) is 56.6 Å². The van der Waals surface area contributed by atoms with Crippen LogP contribution in [0.3, 0.4) is 0 Å². The summed E-state index contributed by atoms with van der Waals surface area (Å²) in [4.78, 5) is 4.32. The second kappa shape index (κ2) is 5.82. The molecule has 1 aromatic rings. The molecule has 1 heterocycles. The fourth-order valence-electron chi connectivity index (χ4n) is 1.79. The van der Waals surface area contributed by atoms with Gasteiger partial charge in [-0.1, -0.05) is 0 Å². The lowest BCUT2D eigenvalue weighted by Crippen LogP contribution is -2.30. The minimum Gasteiger partial charge on any atom is -0.392 e. The predicted molar refractivity (Wildman–Crippen MR) is 70.6 cm³/mol. The second-order valence-electron chi connectivity index (χ2n) is 4.44. The maximum atomic E-state index is 13.8. The molecule has 0 amide bonds. The molecule has 1 aliphatic heterocycles. The number of halogens is 1. The summed E-state index contributed by atoms with van der Waals surface area (Å²) in [6.07, 6.45) is 0.508.